The lowest BCUT2D eigenvalue weighted by Crippen LogP contribution is -2.22. The van der Waals surface area contributed by atoms with Crippen LogP contribution in [0.4, 0.5) is 4.39 Å². The molecule has 0 spiro atoms. The fourth-order valence-electron chi connectivity index (χ4n) is 0.733. The van der Waals surface area contributed by atoms with Gasteiger partial charge in [-0.05, 0) is 0 Å². The molecule has 0 aliphatic heterocycles. The Morgan fingerprint density at radius 2 is 2.21 bits per heavy atom. The number of nitrogens with zero attached hydrogens (tertiary/aromatic N) is 1. The van der Waals surface area contributed by atoms with Gasteiger partial charge in [-0.15, -0.1) is 0 Å². The average Bonchev–Trinajstić information content (AvgIpc) is 2.15. The van der Waals surface area contributed by atoms with Gasteiger partial charge >= 0.3 is 0 Å². The molecule has 0 aromatic carbocycles. The summed E-state index contributed by atoms with van der Waals surface area (Å²) in [6.45, 7) is 0. The first-order chi connectivity index (χ1) is 6.57. The van der Waals surface area contributed by atoms with Crippen molar-refractivity contribution in [2.24, 2.45) is 0 Å². The number of hydrogen-bond acceptors (Lipinski definition) is 3. The van der Waals surface area contributed by atoms with E-state index in [4.69, 9.17) is 23.2 Å². The van der Waals surface area contributed by atoms with E-state index in [9.17, 15) is 14.0 Å². The van der Waals surface area contributed by atoms with Gasteiger partial charge in [-0.1, -0.05) is 23.2 Å². The molecule has 0 atom stereocenters. The summed E-state index contributed by atoms with van der Waals surface area (Å²) in [5, 5.41) is 0.895. The number of halogens is 3. The Balaban J connectivity index is 3.17. The molecular formula is C7H3Cl2FN2O2. The smallest absolute Gasteiger partial charge is 0.260 e. The minimum atomic E-state index is -0.994. The van der Waals surface area contributed by atoms with Crippen LogP contribution in [0.3, 0.4) is 0 Å². The molecule has 14 heavy (non-hydrogen) atoms. The number of nitrogens with one attached hydrogen (secondary N) is 1. The van der Waals surface area contributed by atoms with E-state index in [2.05, 4.69) is 4.98 Å². The summed E-state index contributed by atoms with van der Waals surface area (Å²) in [6, 6.07) is 0. The third kappa shape index (κ3) is 2.00. The molecule has 0 aliphatic rings. The summed E-state index contributed by atoms with van der Waals surface area (Å²) in [7, 11) is 0. The molecule has 1 aromatic rings. The Morgan fingerprint density at radius 1 is 1.57 bits per heavy atom. The highest BCUT2D eigenvalue weighted by atomic mass is 35.5. The predicted octanol–water partition coefficient (Wildman–Crippen LogP) is 1.41. The van der Waals surface area contributed by atoms with E-state index in [0.29, 0.717) is 0 Å². The van der Waals surface area contributed by atoms with Crippen LogP contribution in [-0.4, -0.2) is 17.3 Å². The Bertz CT molecular complexity index is 398. The second-order valence-electron chi connectivity index (χ2n) is 2.18. The van der Waals surface area contributed by atoms with E-state index in [1.165, 1.54) is 0 Å². The van der Waals surface area contributed by atoms with Gasteiger partial charge in [0.1, 0.15) is 0 Å². The summed E-state index contributed by atoms with van der Waals surface area (Å²) in [4.78, 5) is 24.4. The van der Waals surface area contributed by atoms with E-state index in [1.54, 1.807) is 5.32 Å². The van der Waals surface area contributed by atoms with Crippen LogP contribution >= 0.6 is 23.2 Å². The summed E-state index contributed by atoms with van der Waals surface area (Å²) < 4.78 is 13.0. The van der Waals surface area contributed by atoms with Crippen molar-refractivity contribution in [2.45, 2.75) is 0 Å². The van der Waals surface area contributed by atoms with Crippen LogP contribution in [0.15, 0.2) is 6.20 Å². The van der Waals surface area contributed by atoms with Crippen molar-refractivity contribution in [3.05, 3.63) is 27.8 Å². The van der Waals surface area contributed by atoms with E-state index < -0.39 is 21.9 Å². The first-order valence-electron chi connectivity index (χ1n) is 3.32. The Morgan fingerprint density at radius 3 is 2.79 bits per heavy atom. The van der Waals surface area contributed by atoms with Crippen molar-refractivity contribution in [3.8, 4) is 0 Å². The minimum Gasteiger partial charge on any atom is -0.295 e. The second-order valence-corrected chi connectivity index (χ2v) is 2.92. The molecule has 1 aromatic heterocycles. The molecule has 0 aliphatic carbocycles. The molecule has 0 unspecified atom stereocenters. The fraction of sp³-hybridized carbons (Fsp3) is 0. The highest BCUT2D eigenvalue weighted by molar-refractivity contribution is 6.36. The SMILES string of the molecule is O=CNC(=O)c1cnc(Cl)c(F)c1Cl. The maximum Gasteiger partial charge on any atom is 0.260 e. The Labute approximate surface area is 88.0 Å². The molecule has 0 bridgehead atoms. The van der Waals surface area contributed by atoms with Crippen molar-refractivity contribution in [3.63, 3.8) is 0 Å². The lowest BCUT2D eigenvalue weighted by atomic mass is 10.2. The van der Waals surface area contributed by atoms with Crippen molar-refractivity contribution in [2.75, 3.05) is 0 Å². The predicted molar refractivity (Wildman–Crippen MR) is 47.7 cm³/mol. The molecule has 7 heteroatoms. The highest BCUT2D eigenvalue weighted by Gasteiger charge is 2.16. The lowest BCUT2D eigenvalue weighted by molar-refractivity contribution is -0.108. The normalized spacial score (nSPS) is 9.64. The van der Waals surface area contributed by atoms with Crippen LogP contribution in [-0.2, 0) is 4.79 Å². The quantitative estimate of drug-likeness (QED) is 0.624. The van der Waals surface area contributed by atoms with Crippen molar-refractivity contribution < 1.29 is 14.0 Å². The van der Waals surface area contributed by atoms with E-state index in [0.717, 1.165) is 6.20 Å². The van der Waals surface area contributed by atoms with Gasteiger partial charge in [0.05, 0.1) is 10.6 Å². The molecule has 2 amide bonds. The fourth-order valence-corrected chi connectivity index (χ4v) is 1.15. The minimum absolute atomic E-state index is 0.158. The van der Waals surface area contributed by atoms with E-state index in [1.807, 2.05) is 0 Å². The Hall–Kier alpha value is -1.20. The molecule has 0 fully saturated rings. The van der Waals surface area contributed by atoms with Crippen LogP contribution in [0.25, 0.3) is 0 Å². The standard InChI is InChI=1S/C7H3Cl2FN2O2/c8-4-3(7(14)12-2-13)1-11-6(9)5(4)10/h1-2H,(H,12,13,14). The molecule has 0 saturated carbocycles. The molecule has 0 radical (unpaired) electrons. The van der Waals surface area contributed by atoms with E-state index >= 15 is 0 Å². The van der Waals surface area contributed by atoms with Crippen molar-refractivity contribution >= 4 is 35.5 Å². The highest BCUT2D eigenvalue weighted by Crippen LogP contribution is 2.23. The molecule has 4 nitrogen and oxygen atoms in total. The zero-order valence-corrected chi connectivity index (χ0v) is 8.06. The van der Waals surface area contributed by atoms with Gasteiger partial charge in [0.25, 0.3) is 5.91 Å². The second kappa shape index (κ2) is 4.34. The van der Waals surface area contributed by atoms with Crippen molar-refractivity contribution in [1.29, 1.82) is 0 Å². The largest absolute Gasteiger partial charge is 0.295 e. The van der Waals surface area contributed by atoms with Crippen LogP contribution < -0.4 is 5.32 Å². The topological polar surface area (TPSA) is 59.1 Å². The molecule has 74 valence electrons. The average molecular weight is 237 g/mol. The van der Waals surface area contributed by atoms with Gasteiger partial charge in [-0.2, -0.15) is 0 Å². The number of amides is 2. The van der Waals surface area contributed by atoms with Gasteiger partial charge in [-0.25, -0.2) is 9.37 Å². The third-order valence-electron chi connectivity index (χ3n) is 1.35. The number of rotatable bonds is 2. The summed E-state index contributed by atoms with van der Waals surface area (Å²) in [6.07, 6.45) is 1.14. The third-order valence-corrected chi connectivity index (χ3v) is 1.98. The number of hydrogen-bond donors (Lipinski definition) is 1. The van der Waals surface area contributed by atoms with Gasteiger partial charge in [0.2, 0.25) is 6.41 Å². The number of aromatic nitrogens is 1. The number of pyridine rings is 1. The molecule has 1 heterocycles. The molecule has 0 saturated heterocycles. The Kier molecular flexibility index (Phi) is 3.38. The maximum atomic E-state index is 13.0. The first-order valence-corrected chi connectivity index (χ1v) is 4.07. The van der Waals surface area contributed by atoms with Crippen LogP contribution in [0, 0.1) is 5.82 Å². The summed E-state index contributed by atoms with van der Waals surface area (Å²) in [5.74, 6) is -1.83. The molecule has 1 N–H and O–H groups in total. The molecular weight excluding hydrogens is 234 g/mol. The summed E-state index contributed by atoms with van der Waals surface area (Å²) >= 11 is 10.7. The van der Waals surface area contributed by atoms with Crippen LogP contribution in [0.2, 0.25) is 10.2 Å². The number of carbonyl (C=O) groups excluding carboxylic acids is 2. The summed E-state index contributed by atoms with van der Waals surface area (Å²) in [5.41, 5.74) is -0.249. The zero-order chi connectivity index (χ0) is 10.7. The monoisotopic (exact) mass is 236 g/mol. The maximum absolute atomic E-state index is 13.0. The van der Waals surface area contributed by atoms with Crippen LogP contribution in [0.5, 0.6) is 0 Å². The zero-order valence-electron chi connectivity index (χ0n) is 6.55. The van der Waals surface area contributed by atoms with E-state index in [-0.39, 0.29) is 12.0 Å². The number of carbonyl (C=O) groups is 2. The van der Waals surface area contributed by atoms with Gasteiger partial charge in [0.15, 0.2) is 11.0 Å². The molecule has 1 rings (SSSR count). The van der Waals surface area contributed by atoms with Gasteiger partial charge in [0, 0.05) is 6.20 Å². The first kappa shape index (κ1) is 10.9. The number of imide groups is 1. The van der Waals surface area contributed by atoms with Gasteiger partial charge < -0.3 is 0 Å². The van der Waals surface area contributed by atoms with Crippen LogP contribution in [0.1, 0.15) is 10.4 Å². The van der Waals surface area contributed by atoms with Gasteiger partial charge in [-0.3, -0.25) is 14.9 Å². The lowest BCUT2D eigenvalue weighted by Gasteiger charge is -2.02. The van der Waals surface area contributed by atoms with Crippen molar-refractivity contribution in [1.82, 2.24) is 10.3 Å².